The van der Waals surface area contributed by atoms with Crippen LogP contribution in [0.5, 0.6) is 0 Å². The summed E-state index contributed by atoms with van der Waals surface area (Å²) in [5.74, 6) is -0.930. The van der Waals surface area contributed by atoms with E-state index in [9.17, 15) is 9.18 Å². The molecule has 1 amide bonds. The van der Waals surface area contributed by atoms with E-state index in [-0.39, 0.29) is 5.69 Å². The van der Waals surface area contributed by atoms with E-state index in [1.807, 2.05) is 13.0 Å². The Labute approximate surface area is 117 Å². The van der Waals surface area contributed by atoms with Gasteiger partial charge in [-0.05, 0) is 37.1 Å². The maximum atomic E-state index is 13.7. The number of carbonyl (C=O) groups is 1. The van der Waals surface area contributed by atoms with Gasteiger partial charge in [-0.2, -0.15) is 0 Å². The van der Waals surface area contributed by atoms with Crippen LogP contribution in [0.1, 0.15) is 18.1 Å². The van der Waals surface area contributed by atoms with Gasteiger partial charge >= 0.3 is 0 Å². The topological polar surface area (TPSA) is 55.1 Å². The Bertz CT molecular complexity index is 624. The minimum absolute atomic E-state index is 0.141. The highest BCUT2D eigenvalue weighted by Crippen LogP contribution is 2.22. The third kappa shape index (κ3) is 2.86. The molecule has 0 bridgehead atoms. The Morgan fingerprint density at radius 2 is 1.85 bits per heavy atom. The summed E-state index contributed by atoms with van der Waals surface area (Å²) in [5.41, 5.74) is 6.53. The van der Waals surface area contributed by atoms with Crippen molar-refractivity contribution >= 4 is 11.6 Å². The Balaban J connectivity index is 2.26. The SMILES string of the molecule is Cc1ccc(F)c(NC(=O)C(C)(N)c2ccccc2)c1. The zero-order valence-electron chi connectivity index (χ0n) is 11.5. The maximum absolute atomic E-state index is 13.7. The second-order valence-corrected chi connectivity index (χ2v) is 5.01. The van der Waals surface area contributed by atoms with Gasteiger partial charge in [0.1, 0.15) is 11.4 Å². The van der Waals surface area contributed by atoms with Gasteiger partial charge in [0.25, 0.3) is 0 Å². The molecule has 20 heavy (non-hydrogen) atoms. The van der Waals surface area contributed by atoms with E-state index >= 15 is 0 Å². The van der Waals surface area contributed by atoms with Crippen molar-refractivity contribution in [1.29, 1.82) is 0 Å². The van der Waals surface area contributed by atoms with Crippen LogP contribution in [0.25, 0.3) is 0 Å². The molecular formula is C16H17FN2O. The van der Waals surface area contributed by atoms with Gasteiger partial charge in [-0.15, -0.1) is 0 Å². The molecule has 104 valence electrons. The summed E-state index contributed by atoms with van der Waals surface area (Å²) in [5, 5.41) is 2.55. The normalized spacial score (nSPS) is 13.6. The summed E-state index contributed by atoms with van der Waals surface area (Å²) < 4.78 is 13.7. The fourth-order valence-electron chi connectivity index (χ4n) is 1.90. The van der Waals surface area contributed by atoms with Gasteiger partial charge in [0.05, 0.1) is 5.69 Å². The first-order valence-corrected chi connectivity index (χ1v) is 6.33. The highest BCUT2D eigenvalue weighted by atomic mass is 19.1. The molecule has 0 radical (unpaired) electrons. The van der Waals surface area contributed by atoms with Crippen LogP contribution in [0.15, 0.2) is 48.5 Å². The van der Waals surface area contributed by atoms with E-state index < -0.39 is 17.3 Å². The number of anilines is 1. The number of amides is 1. The molecule has 2 rings (SSSR count). The molecule has 2 aromatic carbocycles. The summed E-state index contributed by atoms with van der Waals surface area (Å²) in [4.78, 5) is 12.3. The van der Waals surface area contributed by atoms with Crippen LogP contribution in [-0.4, -0.2) is 5.91 Å². The number of benzene rings is 2. The second kappa shape index (κ2) is 5.43. The number of hydrogen-bond donors (Lipinski definition) is 2. The van der Waals surface area contributed by atoms with E-state index in [2.05, 4.69) is 5.32 Å². The average molecular weight is 272 g/mol. The van der Waals surface area contributed by atoms with Crippen LogP contribution < -0.4 is 11.1 Å². The van der Waals surface area contributed by atoms with E-state index in [0.717, 1.165) is 5.56 Å². The summed E-state index contributed by atoms with van der Waals surface area (Å²) in [7, 11) is 0. The zero-order valence-corrected chi connectivity index (χ0v) is 11.5. The lowest BCUT2D eigenvalue weighted by Gasteiger charge is -2.24. The molecule has 0 aliphatic rings. The highest BCUT2D eigenvalue weighted by Gasteiger charge is 2.30. The zero-order chi connectivity index (χ0) is 14.8. The minimum Gasteiger partial charge on any atom is -0.322 e. The van der Waals surface area contributed by atoms with Crippen molar-refractivity contribution in [2.75, 3.05) is 5.32 Å². The van der Waals surface area contributed by atoms with E-state index in [0.29, 0.717) is 5.56 Å². The molecule has 0 heterocycles. The number of aryl methyl sites for hydroxylation is 1. The minimum atomic E-state index is -1.22. The molecule has 0 saturated heterocycles. The number of rotatable bonds is 3. The number of carbonyl (C=O) groups excluding carboxylic acids is 1. The molecule has 0 fully saturated rings. The molecule has 2 aromatic rings. The lowest BCUT2D eigenvalue weighted by Crippen LogP contribution is -2.45. The van der Waals surface area contributed by atoms with Crippen molar-refractivity contribution in [3.63, 3.8) is 0 Å². The molecular weight excluding hydrogens is 255 g/mol. The van der Waals surface area contributed by atoms with Crippen LogP contribution in [0, 0.1) is 12.7 Å². The number of halogens is 1. The largest absolute Gasteiger partial charge is 0.322 e. The van der Waals surface area contributed by atoms with Crippen molar-refractivity contribution in [1.82, 2.24) is 0 Å². The van der Waals surface area contributed by atoms with Crippen molar-refractivity contribution in [3.8, 4) is 0 Å². The van der Waals surface area contributed by atoms with Crippen molar-refractivity contribution in [2.45, 2.75) is 19.4 Å². The third-order valence-electron chi connectivity index (χ3n) is 3.22. The Kier molecular flexibility index (Phi) is 3.86. The predicted octanol–water partition coefficient (Wildman–Crippen LogP) is 2.95. The highest BCUT2D eigenvalue weighted by molar-refractivity contribution is 5.98. The number of nitrogens with two attached hydrogens (primary N) is 1. The van der Waals surface area contributed by atoms with Gasteiger partial charge in [-0.3, -0.25) is 4.79 Å². The van der Waals surface area contributed by atoms with Gasteiger partial charge in [0.15, 0.2) is 0 Å². The fraction of sp³-hybridized carbons (Fsp3) is 0.188. The molecule has 1 unspecified atom stereocenters. The number of hydrogen-bond acceptors (Lipinski definition) is 2. The standard InChI is InChI=1S/C16H17FN2O/c1-11-8-9-13(17)14(10-11)19-15(20)16(2,18)12-6-4-3-5-7-12/h3-10H,18H2,1-2H3,(H,19,20). The van der Waals surface area contributed by atoms with Crippen molar-refractivity contribution < 1.29 is 9.18 Å². The third-order valence-corrected chi connectivity index (χ3v) is 3.22. The molecule has 0 aliphatic heterocycles. The van der Waals surface area contributed by atoms with Crippen molar-refractivity contribution in [3.05, 3.63) is 65.5 Å². The summed E-state index contributed by atoms with van der Waals surface area (Å²) in [6.07, 6.45) is 0. The van der Waals surface area contributed by atoms with E-state index in [1.54, 1.807) is 43.3 Å². The van der Waals surface area contributed by atoms with Gasteiger partial charge in [0.2, 0.25) is 5.91 Å². The Hall–Kier alpha value is -2.20. The van der Waals surface area contributed by atoms with E-state index in [1.165, 1.54) is 6.07 Å². The molecule has 4 heteroatoms. The van der Waals surface area contributed by atoms with E-state index in [4.69, 9.17) is 5.73 Å². The maximum Gasteiger partial charge on any atom is 0.248 e. The fourth-order valence-corrected chi connectivity index (χ4v) is 1.90. The smallest absolute Gasteiger partial charge is 0.248 e. The lowest BCUT2D eigenvalue weighted by atomic mass is 9.92. The van der Waals surface area contributed by atoms with Crippen LogP contribution in [0.3, 0.4) is 0 Å². The first-order valence-electron chi connectivity index (χ1n) is 6.33. The second-order valence-electron chi connectivity index (χ2n) is 5.01. The average Bonchev–Trinajstić information content (AvgIpc) is 2.43. The van der Waals surface area contributed by atoms with Crippen LogP contribution in [0.2, 0.25) is 0 Å². The van der Waals surface area contributed by atoms with Crippen LogP contribution in [0.4, 0.5) is 10.1 Å². The summed E-state index contributed by atoms with van der Waals surface area (Å²) in [6.45, 7) is 3.43. The molecule has 0 saturated carbocycles. The first-order chi connectivity index (χ1) is 9.41. The van der Waals surface area contributed by atoms with Crippen LogP contribution >= 0.6 is 0 Å². The molecule has 3 nitrogen and oxygen atoms in total. The van der Waals surface area contributed by atoms with Crippen LogP contribution in [-0.2, 0) is 10.3 Å². The monoisotopic (exact) mass is 272 g/mol. The first kappa shape index (κ1) is 14.2. The van der Waals surface area contributed by atoms with Gasteiger partial charge < -0.3 is 11.1 Å². The lowest BCUT2D eigenvalue weighted by molar-refractivity contribution is -0.120. The van der Waals surface area contributed by atoms with Gasteiger partial charge in [0, 0.05) is 0 Å². The predicted molar refractivity (Wildman–Crippen MR) is 77.7 cm³/mol. The van der Waals surface area contributed by atoms with Gasteiger partial charge in [-0.25, -0.2) is 4.39 Å². The van der Waals surface area contributed by atoms with Gasteiger partial charge in [-0.1, -0.05) is 36.4 Å². The quantitative estimate of drug-likeness (QED) is 0.902. The molecule has 1 atom stereocenters. The molecule has 0 spiro atoms. The number of nitrogens with one attached hydrogen (secondary N) is 1. The summed E-state index contributed by atoms with van der Waals surface area (Å²) >= 11 is 0. The summed E-state index contributed by atoms with van der Waals surface area (Å²) in [6, 6.07) is 13.5. The molecule has 0 aliphatic carbocycles. The molecule has 3 N–H and O–H groups in total. The Morgan fingerprint density at radius 1 is 1.20 bits per heavy atom. The molecule has 0 aromatic heterocycles. The van der Waals surface area contributed by atoms with Crippen molar-refractivity contribution in [2.24, 2.45) is 5.73 Å². The Morgan fingerprint density at radius 3 is 2.50 bits per heavy atom.